The van der Waals surface area contributed by atoms with Gasteiger partial charge in [-0.3, -0.25) is 19.3 Å². The minimum atomic E-state index is -0.558. The summed E-state index contributed by atoms with van der Waals surface area (Å²) in [4.78, 5) is 55.2. The number of piperidine rings is 1. The molecule has 13 heteroatoms. The Kier molecular flexibility index (Phi) is 9.88. The van der Waals surface area contributed by atoms with Gasteiger partial charge in [0.15, 0.2) is 0 Å². The van der Waals surface area contributed by atoms with Gasteiger partial charge in [0.05, 0.1) is 31.4 Å². The number of aromatic nitrogens is 3. The van der Waals surface area contributed by atoms with Crippen LogP contribution in [0.15, 0.2) is 54.9 Å². The first kappa shape index (κ1) is 31.6. The third-order valence-electron chi connectivity index (χ3n) is 9.02. The first-order valence-corrected chi connectivity index (χ1v) is 15.9. The molecule has 4 aliphatic rings. The summed E-state index contributed by atoms with van der Waals surface area (Å²) in [6, 6.07) is 10.3. The molecule has 6 heterocycles. The van der Waals surface area contributed by atoms with Crippen LogP contribution in [0.3, 0.4) is 0 Å². The molecule has 4 aliphatic heterocycles. The third kappa shape index (κ3) is 7.37. The Morgan fingerprint density at radius 3 is 2.63 bits per heavy atom. The lowest BCUT2D eigenvalue weighted by molar-refractivity contribution is -0.137. The van der Waals surface area contributed by atoms with Crippen LogP contribution in [0.1, 0.15) is 45.9 Å². The number of carbonyl (C=O) groups excluding carboxylic acids is 3. The highest BCUT2D eigenvalue weighted by atomic mass is 19.1. The number of fused-ring (bicyclic) bond motifs is 10. The van der Waals surface area contributed by atoms with Crippen molar-refractivity contribution in [3.05, 3.63) is 77.8 Å². The van der Waals surface area contributed by atoms with Gasteiger partial charge in [-0.1, -0.05) is 18.2 Å². The zero-order valence-electron chi connectivity index (χ0n) is 26.0. The molecule has 3 amide bonds. The SMILES string of the molecule is Cn1ccnc1CN1C[C@H]2C[C@H]1C(=O)N1CCC(CC1)CN(C(=O)c1ccccc1F)CCOCCOc1cccc(n1)C(=O)N2. The van der Waals surface area contributed by atoms with Crippen LogP contribution in [0.25, 0.3) is 0 Å². The highest BCUT2D eigenvalue weighted by molar-refractivity contribution is 5.94. The van der Waals surface area contributed by atoms with Crippen LogP contribution in [0.4, 0.5) is 4.39 Å². The number of nitrogens with one attached hydrogen (secondary N) is 1. The molecule has 12 nitrogen and oxygen atoms in total. The van der Waals surface area contributed by atoms with Crippen LogP contribution in [0.2, 0.25) is 0 Å². The molecule has 2 aromatic heterocycles. The fraction of sp³-hybridized carbons (Fsp3) is 0.485. The molecule has 2 fully saturated rings. The van der Waals surface area contributed by atoms with Crippen molar-refractivity contribution < 1.29 is 28.2 Å². The second-order valence-electron chi connectivity index (χ2n) is 12.1. The van der Waals surface area contributed by atoms with Gasteiger partial charge in [0.1, 0.15) is 23.9 Å². The molecule has 0 unspecified atom stereocenters. The van der Waals surface area contributed by atoms with E-state index in [0.29, 0.717) is 45.0 Å². The largest absolute Gasteiger partial charge is 0.475 e. The number of aryl methyl sites for hydroxylation is 1. The summed E-state index contributed by atoms with van der Waals surface area (Å²) < 4.78 is 28.0. The number of ether oxygens (including phenoxy) is 2. The number of nitrogens with zero attached hydrogens (tertiary/aromatic N) is 6. The molecule has 2 atom stereocenters. The standard InChI is InChI=1S/C33H40FN7O5/c1-38-14-11-35-29(38)22-41-21-24-19-28(41)33(44)39-12-9-23(10-13-39)20-40(32(43)25-5-2-3-6-26(25)34)15-16-45-17-18-46-30-8-4-7-27(37-30)31(42)36-24/h2-8,11,14,23-24,28H,9-10,12-13,15-22H2,1H3,(H,36,42)/t24-,28+/m1/s1. The Hall–Kier alpha value is -4.36. The highest BCUT2D eigenvalue weighted by Crippen LogP contribution is 2.26. The van der Waals surface area contributed by atoms with Crippen molar-refractivity contribution in [1.82, 2.24) is 34.6 Å². The molecule has 46 heavy (non-hydrogen) atoms. The van der Waals surface area contributed by atoms with Gasteiger partial charge in [0.2, 0.25) is 11.8 Å². The summed E-state index contributed by atoms with van der Waals surface area (Å²) in [5, 5.41) is 3.08. The minimum absolute atomic E-state index is 0.0245. The van der Waals surface area contributed by atoms with Crippen LogP contribution >= 0.6 is 0 Å². The lowest BCUT2D eigenvalue weighted by Gasteiger charge is -2.37. The van der Waals surface area contributed by atoms with Crippen LogP contribution in [0.5, 0.6) is 5.88 Å². The maximum Gasteiger partial charge on any atom is 0.270 e. The maximum absolute atomic E-state index is 14.6. The molecule has 1 N–H and O–H groups in total. The lowest BCUT2D eigenvalue weighted by atomic mass is 9.95. The molecule has 0 radical (unpaired) electrons. The Labute approximate surface area is 267 Å². The quantitative estimate of drug-likeness (QED) is 0.436. The summed E-state index contributed by atoms with van der Waals surface area (Å²) >= 11 is 0. The number of rotatable bonds is 3. The molecule has 2 saturated heterocycles. The zero-order chi connectivity index (χ0) is 32.0. The van der Waals surface area contributed by atoms with E-state index in [1.807, 2.05) is 22.7 Å². The van der Waals surface area contributed by atoms with Crippen molar-refractivity contribution in [3.8, 4) is 5.88 Å². The van der Waals surface area contributed by atoms with Crippen molar-refractivity contribution in [2.75, 3.05) is 52.5 Å². The van der Waals surface area contributed by atoms with Gasteiger partial charge < -0.3 is 29.2 Å². The molecule has 0 aliphatic carbocycles. The number of carbonyl (C=O) groups is 3. The topological polar surface area (TPSA) is 122 Å². The van der Waals surface area contributed by atoms with Gasteiger partial charge in [-0.2, -0.15) is 0 Å². The van der Waals surface area contributed by atoms with Crippen LogP contribution in [-0.4, -0.2) is 112 Å². The molecule has 6 bridgehead atoms. The molecule has 0 spiro atoms. The number of amides is 3. The average molecular weight is 634 g/mol. The van der Waals surface area contributed by atoms with E-state index in [-0.39, 0.29) is 67.3 Å². The normalized spacial score (nSPS) is 23.5. The van der Waals surface area contributed by atoms with Gasteiger partial charge >= 0.3 is 0 Å². The molecule has 7 rings (SSSR count). The number of hydrogen-bond donors (Lipinski definition) is 1. The predicted molar refractivity (Wildman–Crippen MR) is 165 cm³/mol. The van der Waals surface area contributed by atoms with Gasteiger partial charge in [-0.15, -0.1) is 0 Å². The fourth-order valence-electron chi connectivity index (χ4n) is 6.47. The summed E-state index contributed by atoms with van der Waals surface area (Å²) in [7, 11) is 1.92. The third-order valence-corrected chi connectivity index (χ3v) is 9.02. The predicted octanol–water partition coefficient (Wildman–Crippen LogP) is 2.12. The Morgan fingerprint density at radius 2 is 1.85 bits per heavy atom. The Bertz CT molecular complexity index is 1540. The van der Waals surface area contributed by atoms with Crippen molar-refractivity contribution in [1.29, 1.82) is 0 Å². The van der Waals surface area contributed by atoms with Crippen molar-refractivity contribution in [3.63, 3.8) is 0 Å². The zero-order valence-corrected chi connectivity index (χ0v) is 26.0. The van der Waals surface area contributed by atoms with Gasteiger partial charge in [-0.25, -0.2) is 14.4 Å². The number of pyridine rings is 1. The van der Waals surface area contributed by atoms with E-state index < -0.39 is 11.9 Å². The number of benzene rings is 1. The second kappa shape index (κ2) is 14.4. The van der Waals surface area contributed by atoms with Gasteiger partial charge in [-0.05, 0) is 43.4 Å². The average Bonchev–Trinajstić information content (AvgIpc) is 3.66. The van der Waals surface area contributed by atoms with E-state index in [2.05, 4.69) is 20.2 Å². The van der Waals surface area contributed by atoms with E-state index in [1.54, 1.807) is 41.4 Å². The van der Waals surface area contributed by atoms with E-state index in [0.717, 1.165) is 18.7 Å². The smallest absolute Gasteiger partial charge is 0.270 e. The highest BCUT2D eigenvalue weighted by Gasteiger charge is 2.41. The molecular weight excluding hydrogens is 593 g/mol. The molecule has 0 saturated carbocycles. The monoisotopic (exact) mass is 633 g/mol. The first-order valence-electron chi connectivity index (χ1n) is 15.9. The molecule has 1 aromatic carbocycles. The van der Waals surface area contributed by atoms with E-state index in [4.69, 9.17) is 9.47 Å². The maximum atomic E-state index is 14.6. The number of hydrogen-bond acceptors (Lipinski definition) is 8. The summed E-state index contributed by atoms with van der Waals surface area (Å²) in [5.41, 5.74) is 0.251. The van der Waals surface area contributed by atoms with Crippen molar-refractivity contribution in [2.24, 2.45) is 13.0 Å². The molecular formula is C33H40FN7O5. The van der Waals surface area contributed by atoms with Crippen LogP contribution in [-0.2, 0) is 23.1 Å². The molecule has 244 valence electrons. The van der Waals surface area contributed by atoms with Crippen LogP contribution in [0, 0.1) is 11.7 Å². The summed E-state index contributed by atoms with van der Waals surface area (Å²) in [5.74, 6) is 0.0273. The fourth-order valence-corrected chi connectivity index (χ4v) is 6.47. The van der Waals surface area contributed by atoms with Crippen molar-refractivity contribution in [2.45, 2.75) is 37.9 Å². The number of likely N-dealkylation sites (tertiary alicyclic amines) is 1. The summed E-state index contributed by atoms with van der Waals surface area (Å²) in [6.07, 6.45) is 5.51. The van der Waals surface area contributed by atoms with E-state index >= 15 is 0 Å². The van der Waals surface area contributed by atoms with E-state index in [9.17, 15) is 18.8 Å². The molecule has 3 aromatic rings. The minimum Gasteiger partial charge on any atom is -0.475 e. The second-order valence-corrected chi connectivity index (χ2v) is 12.1. The lowest BCUT2D eigenvalue weighted by Crippen LogP contribution is -2.49. The summed E-state index contributed by atoms with van der Waals surface area (Å²) in [6.45, 7) is 3.48. The van der Waals surface area contributed by atoms with Crippen LogP contribution < -0.4 is 10.1 Å². The number of imidazole rings is 1. The van der Waals surface area contributed by atoms with E-state index in [1.165, 1.54) is 12.1 Å². The number of halogens is 1. The first-order chi connectivity index (χ1) is 22.4. The Balaban J connectivity index is 1.22. The van der Waals surface area contributed by atoms with Gasteiger partial charge in [0.25, 0.3) is 11.8 Å². The van der Waals surface area contributed by atoms with Crippen molar-refractivity contribution >= 4 is 17.7 Å². The van der Waals surface area contributed by atoms with Gasteiger partial charge in [0, 0.05) is 64.3 Å². The Morgan fingerprint density at radius 1 is 1.02 bits per heavy atom.